The quantitative estimate of drug-likeness (QED) is 0.783. The Bertz CT molecular complexity index is 424. The van der Waals surface area contributed by atoms with Crippen molar-refractivity contribution < 1.29 is 13.7 Å². The number of furan rings is 1. The minimum atomic E-state index is -0.00954. The van der Waals surface area contributed by atoms with Crippen LogP contribution in [-0.2, 0) is 11.3 Å². The highest BCUT2D eigenvalue weighted by molar-refractivity contribution is 6.27. The third-order valence-corrected chi connectivity index (χ3v) is 1.72. The number of hydrogen-bond donors (Lipinski definition) is 0. The van der Waals surface area contributed by atoms with E-state index in [9.17, 15) is 0 Å². The number of aromatic nitrogens is 2. The summed E-state index contributed by atoms with van der Waals surface area (Å²) in [4.78, 5) is 3.81. The molecule has 0 saturated heterocycles. The smallest absolute Gasteiger partial charge is 0.320 e. The van der Waals surface area contributed by atoms with E-state index in [1.54, 1.807) is 19.2 Å². The molecular weight excluding hydrogens is 208 g/mol. The molecule has 0 bridgehead atoms. The zero-order valence-electron chi connectivity index (χ0n) is 7.36. The lowest BCUT2D eigenvalue weighted by atomic mass is 10.4. The molecule has 14 heavy (non-hydrogen) atoms. The fourth-order valence-electron chi connectivity index (χ4n) is 1.02. The van der Waals surface area contributed by atoms with Crippen LogP contribution in [0.4, 0.5) is 0 Å². The van der Waals surface area contributed by atoms with Crippen molar-refractivity contribution in [2.75, 3.05) is 7.11 Å². The van der Waals surface area contributed by atoms with Crippen molar-refractivity contribution in [2.24, 2.45) is 0 Å². The summed E-state index contributed by atoms with van der Waals surface area (Å²) < 4.78 is 14.9. The third kappa shape index (κ3) is 1.78. The first-order chi connectivity index (χ1) is 6.79. The molecule has 2 heterocycles. The summed E-state index contributed by atoms with van der Waals surface area (Å²) in [5.74, 6) is 1.54. The van der Waals surface area contributed by atoms with Crippen molar-refractivity contribution in [3.05, 3.63) is 23.2 Å². The van der Waals surface area contributed by atoms with Crippen LogP contribution in [0.3, 0.4) is 0 Å². The van der Waals surface area contributed by atoms with Gasteiger partial charge >= 0.3 is 5.35 Å². The highest BCUT2D eigenvalue weighted by Crippen LogP contribution is 2.20. The Kier molecular flexibility index (Phi) is 2.51. The summed E-state index contributed by atoms with van der Waals surface area (Å²) in [5, 5.41) is 3.60. The fraction of sp³-hybridized carbons (Fsp3) is 0.250. The fourth-order valence-corrected chi connectivity index (χ4v) is 1.14. The zero-order chi connectivity index (χ0) is 9.97. The van der Waals surface area contributed by atoms with Crippen LogP contribution in [-0.4, -0.2) is 17.3 Å². The largest absolute Gasteiger partial charge is 0.455 e. The summed E-state index contributed by atoms with van der Waals surface area (Å²) in [7, 11) is 1.59. The summed E-state index contributed by atoms with van der Waals surface area (Å²) in [6, 6.07) is 3.51. The number of ether oxygens (including phenoxy) is 1. The number of nitrogens with zero attached hydrogens (tertiary/aromatic N) is 2. The van der Waals surface area contributed by atoms with E-state index in [-0.39, 0.29) is 5.35 Å². The summed E-state index contributed by atoms with van der Waals surface area (Å²) in [5.41, 5.74) is 0. The molecule has 0 unspecified atom stereocenters. The number of hydrogen-bond acceptors (Lipinski definition) is 5. The van der Waals surface area contributed by atoms with Gasteiger partial charge in [0.15, 0.2) is 5.76 Å². The molecular formula is C8H7ClN2O3. The highest BCUT2D eigenvalue weighted by atomic mass is 35.5. The van der Waals surface area contributed by atoms with Crippen molar-refractivity contribution >= 4 is 11.6 Å². The Morgan fingerprint density at radius 2 is 2.36 bits per heavy atom. The first kappa shape index (κ1) is 9.23. The Balaban J connectivity index is 2.24. The first-order valence-corrected chi connectivity index (χ1v) is 4.24. The lowest BCUT2D eigenvalue weighted by molar-refractivity contribution is 0.165. The second kappa shape index (κ2) is 3.81. The van der Waals surface area contributed by atoms with Gasteiger partial charge in [0.2, 0.25) is 5.82 Å². The molecule has 0 fully saturated rings. The van der Waals surface area contributed by atoms with Crippen molar-refractivity contribution in [3.8, 4) is 11.6 Å². The molecule has 5 nitrogen and oxygen atoms in total. The SMILES string of the molecule is COCc1ccc(-c2noc(Cl)n2)o1. The maximum absolute atomic E-state index is 5.47. The summed E-state index contributed by atoms with van der Waals surface area (Å²) in [6.07, 6.45) is 0. The minimum absolute atomic E-state index is 0.00954. The normalized spacial score (nSPS) is 10.7. The van der Waals surface area contributed by atoms with Crippen LogP contribution in [0.15, 0.2) is 21.1 Å². The monoisotopic (exact) mass is 214 g/mol. The van der Waals surface area contributed by atoms with Crippen LogP contribution >= 0.6 is 11.6 Å². The predicted octanol–water partition coefficient (Wildman–Crippen LogP) is 2.13. The Morgan fingerprint density at radius 1 is 1.50 bits per heavy atom. The molecule has 0 aromatic carbocycles. The maximum atomic E-state index is 5.47. The van der Waals surface area contributed by atoms with E-state index in [4.69, 9.17) is 20.8 Å². The Hall–Kier alpha value is -1.33. The predicted molar refractivity (Wildman–Crippen MR) is 47.7 cm³/mol. The van der Waals surface area contributed by atoms with Gasteiger partial charge in [0.05, 0.1) is 0 Å². The second-order valence-electron chi connectivity index (χ2n) is 2.57. The molecule has 0 saturated carbocycles. The van der Waals surface area contributed by atoms with Gasteiger partial charge in [0.25, 0.3) is 0 Å². The Morgan fingerprint density at radius 3 is 3.00 bits per heavy atom. The second-order valence-corrected chi connectivity index (χ2v) is 2.89. The third-order valence-electron chi connectivity index (χ3n) is 1.57. The first-order valence-electron chi connectivity index (χ1n) is 3.87. The van der Waals surface area contributed by atoms with Crippen molar-refractivity contribution in [2.45, 2.75) is 6.61 Å². The summed E-state index contributed by atoms with van der Waals surface area (Å²) >= 11 is 5.47. The van der Waals surface area contributed by atoms with E-state index in [2.05, 4.69) is 14.7 Å². The summed E-state index contributed by atoms with van der Waals surface area (Å²) in [6.45, 7) is 0.408. The van der Waals surface area contributed by atoms with Gasteiger partial charge in [0.1, 0.15) is 12.4 Å². The van der Waals surface area contributed by atoms with Gasteiger partial charge in [-0.2, -0.15) is 4.98 Å². The van der Waals surface area contributed by atoms with Gasteiger partial charge < -0.3 is 13.7 Å². The molecule has 2 rings (SSSR count). The Labute approximate surface area is 84.6 Å². The van der Waals surface area contributed by atoms with E-state index in [0.29, 0.717) is 24.0 Å². The molecule has 0 spiro atoms. The topological polar surface area (TPSA) is 61.3 Å². The molecule has 0 aliphatic heterocycles. The van der Waals surface area contributed by atoms with Gasteiger partial charge in [-0.25, -0.2) is 0 Å². The number of rotatable bonds is 3. The van der Waals surface area contributed by atoms with E-state index in [1.807, 2.05) is 0 Å². The van der Waals surface area contributed by atoms with Crippen molar-refractivity contribution in [1.82, 2.24) is 10.1 Å². The van der Waals surface area contributed by atoms with E-state index in [0.717, 1.165) is 0 Å². The average molecular weight is 215 g/mol. The van der Waals surface area contributed by atoms with Gasteiger partial charge in [-0.1, -0.05) is 5.16 Å². The van der Waals surface area contributed by atoms with Crippen molar-refractivity contribution in [1.29, 1.82) is 0 Å². The molecule has 0 N–H and O–H groups in total. The standard InChI is InChI=1S/C8H7ClN2O3/c1-12-4-5-2-3-6(13-5)7-10-8(9)14-11-7/h2-3H,4H2,1H3. The molecule has 0 aliphatic carbocycles. The van der Waals surface area contributed by atoms with E-state index < -0.39 is 0 Å². The van der Waals surface area contributed by atoms with E-state index in [1.165, 1.54) is 0 Å². The molecule has 74 valence electrons. The van der Waals surface area contributed by atoms with Crippen LogP contribution < -0.4 is 0 Å². The van der Waals surface area contributed by atoms with Crippen LogP contribution in [0.1, 0.15) is 5.76 Å². The molecule has 0 aliphatic rings. The van der Waals surface area contributed by atoms with Crippen LogP contribution in [0.2, 0.25) is 5.35 Å². The highest BCUT2D eigenvalue weighted by Gasteiger charge is 2.10. The number of methoxy groups -OCH3 is 1. The average Bonchev–Trinajstić information content (AvgIpc) is 2.74. The van der Waals surface area contributed by atoms with Crippen LogP contribution in [0, 0.1) is 0 Å². The van der Waals surface area contributed by atoms with Gasteiger partial charge in [0, 0.05) is 7.11 Å². The van der Waals surface area contributed by atoms with Crippen LogP contribution in [0.5, 0.6) is 0 Å². The lowest BCUT2D eigenvalue weighted by Crippen LogP contribution is -1.82. The zero-order valence-corrected chi connectivity index (χ0v) is 8.11. The maximum Gasteiger partial charge on any atom is 0.320 e. The molecule has 0 radical (unpaired) electrons. The van der Waals surface area contributed by atoms with Gasteiger partial charge in [-0.3, -0.25) is 0 Å². The van der Waals surface area contributed by atoms with Gasteiger partial charge in [-0.05, 0) is 23.7 Å². The lowest BCUT2D eigenvalue weighted by Gasteiger charge is -1.91. The molecule has 6 heteroatoms. The van der Waals surface area contributed by atoms with Crippen LogP contribution in [0.25, 0.3) is 11.6 Å². The van der Waals surface area contributed by atoms with Crippen molar-refractivity contribution in [3.63, 3.8) is 0 Å². The molecule has 0 amide bonds. The molecule has 2 aromatic rings. The molecule has 0 atom stereocenters. The molecule has 2 aromatic heterocycles. The van der Waals surface area contributed by atoms with Gasteiger partial charge in [-0.15, -0.1) is 0 Å². The number of halogens is 1. The minimum Gasteiger partial charge on any atom is -0.455 e. The van der Waals surface area contributed by atoms with E-state index >= 15 is 0 Å².